The van der Waals surface area contributed by atoms with Crippen molar-refractivity contribution in [1.29, 1.82) is 5.26 Å². The summed E-state index contributed by atoms with van der Waals surface area (Å²) in [6, 6.07) is 11.8. The van der Waals surface area contributed by atoms with Crippen molar-refractivity contribution in [3.05, 3.63) is 54.0 Å². The summed E-state index contributed by atoms with van der Waals surface area (Å²) in [7, 11) is 0. The van der Waals surface area contributed by atoms with Gasteiger partial charge in [0, 0.05) is 16.3 Å². The molecule has 1 fully saturated rings. The van der Waals surface area contributed by atoms with Crippen LogP contribution < -0.4 is 9.47 Å². The average Bonchev–Trinajstić information content (AvgIpc) is 3.09. The van der Waals surface area contributed by atoms with E-state index in [2.05, 4.69) is 9.72 Å². The van der Waals surface area contributed by atoms with Gasteiger partial charge in [0.25, 0.3) is 0 Å². The van der Waals surface area contributed by atoms with Crippen molar-refractivity contribution >= 4 is 10.8 Å². The highest BCUT2D eigenvalue weighted by Gasteiger charge is 2.33. The van der Waals surface area contributed by atoms with Gasteiger partial charge in [-0.05, 0) is 49.7 Å². The molecule has 0 amide bonds. The Morgan fingerprint density at radius 3 is 2.69 bits per heavy atom. The number of hydrogen-bond acceptors (Lipinski definition) is 6. The lowest BCUT2D eigenvalue weighted by Gasteiger charge is -2.18. The Hall–Kier alpha value is -3.35. The van der Waals surface area contributed by atoms with Crippen LogP contribution in [0.1, 0.15) is 19.5 Å². The number of rotatable bonds is 6. The number of halogens is 3. The first-order valence-corrected chi connectivity index (χ1v) is 9.79. The summed E-state index contributed by atoms with van der Waals surface area (Å²) in [4.78, 5) is 4.32. The lowest BCUT2D eigenvalue weighted by Crippen LogP contribution is -2.25. The third kappa shape index (κ3) is 4.61. The van der Waals surface area contributed by atoms with E-state index in [0.717, 1.165) is 0 Å². The van der Waals surface area contributed by atoms with Gasteiger partial charge in [0.1, 0.15) is 30.3 Å². The van der Waals surface area contributed by atoms with E-state index in [1.165, 1.54) is 36.4 Å². The summed E-state index contributed by atoms with van der Waals surface area (Å²) in [6.45, 7) is 0.967. The summed E-state index contributed by atoms with van der Waals surface area (Å²) < 4.78 is 61.1. The first kappa shape index (κ1) is 21.9. The van der Waals surface area contributed by atoms with Crippen molar-refractivity contribution in [3.63, 3.8) is 0 Å². The smallest absolute Gasteiger partial charge is 0.387 e. The summed E-state index contributed by atoms with van der Waals surface area (Å²) in [5.74, 6) is -1.24. The second-order valence-electron chi connectivity index (χ2n) is 7.61. The third-order valence-electron chi connectivity index (χ3n) is 4.86. The molecule has 0 radical (unpaired) electrons. The maximum absolute atomic E-state index is 13.9. The molecule has 0 unspecified atom stereocenters. The lowest BCUT2D eigenvalue weighted by atomic mass is 9.97. The van der Waals surface area contributed by atoms with Gasteiger partial charge in [-0.25, -0.2) is 9.37 Å². The van der Waals surface area contributed by atoms with E-state index in [1.54, 1.807) is 19.9 Å². The highest BCUT2D eigenvalue weighted by Crippen LogP contribution is 2.38. The van der Waals surface area contributed by atoms with Gasteiger partial charge in [0.2, 0.25) is 5.88 Å². The Labute approximate surface area is 182 Å². The van der Waals surface area contributed by atoms with Crippen LogP contribution in [0.5, 0.6) is 11.6 Å². The van der Waals surface area contributed by atoms with Crippen LogP contribution in [0.3, 0.4) is 0 Å². The SMILES string of the molecule is CC1(C)OC[C@@H](COc2nc(C#N)c(-c3cccc(F)c3)c3cc(OC(F)F)ccc23)O1. The van der Waals surface area contributed by atoms with E-state index >= 15 is 0 Å². The normalized spacial score (nSPS) is 17.5. The largest absolute Gasteiger partial charge is 0.474 e. The van der Waals surface area contributed by atoms with Gasteiger partial charge in [0.15, 0.2) is 11.5 Å². The molecule has 6 nitrogen and oxygen atoms in total. The van der Waals surface area contributed by atoms with Gasteiger partial charge < -0.3 is 18.9 Å². The molecule has 9 heteroatoms. The Morgan fingerprint density at radius 1 is 1.22 bits per heavy atom. The van der Waals surface area contributed by atoms with Gasteiger partial charge in [-0.15, -0.1) is 0 Å². The number of nitrogens with zero attached hydrogens (tertiary/aromatic N) is 2. The first-order chi connectivity index (χ1) is 15.3. The van der Waals surface area contributed by atoms with Crippen molar-refractivity contribution in [3.8, 4) is 28.8 Å². The number of nitriles is 1. The number of benzene rings is 2. The van der Waals surface area contributed by atoms with Crippen LogP contribution in [0.4, 0.5) is 13.2 Å². The van der Waals surface area contributed by atoms with Crippen molar-refractivity contribution in [1.82, 2.24) is 4.98 Å². The Bertz CT molecular complexity index is 1190. The molecule has 4 rings (SSSR count). The molecule has 0 spiro atoms. The Kier molecular flexibility index (Phi) is 5.91. The number of hydrogen-bond donors (Lipinski definition) is 0. The fourth-order valence-electron chi connectivity index (χ4n) is 3.58. The van der Waals surface area contributed by atoms with Crippen LogP contribution in [-0.4, -0.2) is 36.7 Å². The van der Waals surface area contributed by atoms with Crippen LogP contribution >= 0.6 is 0 Å². The summed E-state index contributed by atoms with van der Waals surface area (Å²) >= 11 is 0. The predicted molar refractivity (Wildman–Crippen MR) is 109 cm³/mol. The number of ether oxygens (including phenoxy) is 4. The number of fused-ring (bicyclic) bond motifs is 1. The number of alkyl halides is 2. The fraction of sp³-hybridized carbons (Fsp3) is 0.304. The van der Waals surface area contributed by atoms with Crippen molar-refractivity contribution in [2.45, 2.75) is 32.4 Å². The third-order valence-corrected chi connectivity index (χ3v) is 4.86. The van der Waals surface area contributed by atoms with Crippen LogP contribution in [0.2, 0.25) is 0 Å². The van der Waals surface area contributed by atoms with Crippen LogP contribution in [0.15, 0.2) is 42.5 Å². The molecule has 32 heavy (non-hydrogen) atoms. The molecule has 0 saturated carbocycles. The highest BCUT2D eigenvalue weighted by molar-refractivity contribution is 6.01. The molecule has 0 N–H and O–H groups in total. The standard InChI is InChI=1S/C23H19F3N2O4/c1-23(2)30-12-16(32-23)11-29-21-17-7-6-15(31-22(25)26)9-18(17)20(19(10-27)28-21)13-4-3-5-14(24)8-13/h3-9,16,22H,11-12H2,1-2H3/t16-/m1/s1. The number of pyridine rings is 1. The van der Waals surface area contributed by atoms with Crippen molar-refractivity contribution in [2.24, 2.45) is 0 Å². The van der Waals surface area contributed by atoms with E-state index in [9.17, 15) is 18.4 Å². The highest BCUT2D eigenvalue weighted by atomic mass is 19.3. The van der Waals surface area contributed by atoms with Crippen molar-refractivity contribution < 1.29 is 32.1 Å². The Balaban J connectivity index is 1.81. The zero-order chi connectivity index (χ0) is 22.9. The summed E-state index contributed by atoms with van der Waals surface area (Å²) in [5, 5.41) is 10.5. The molecular formula is C23H19F3N2O4. The van der Waals surface area contributed by atoms with Crippen LogP contribution in [-0.2, 0) is 9.47 Å². The molecule has 166 valence electrons. The summed E-state index contributed by atoms with van der Waals surface area (Å²) in [5.41, 5.74) is 0.612. The molecule has 3 aromatic rings. The molecule has 1 aromatic heterocycles. The molecule has 0 aliphatic carbocycles. The van der Waals surface area contributed by atoms with Gasteiger partial charge in [-0.1, -0.05) is 12.1 Å². The van der Waals surface area contributed by atoms with Gasteiger partial charge in [-0.3, -0.25) is 0 Å². The van der Waals surface area contributed by atoms with E-state index in [1.807, 2.05) is 6.07 Å². The molecule has 2 aromatic carbocycles. The van der Waals surface area contributed by atoms with Crippen LogP contribution in [0.25, 0.3) is 21.9 Å². The maximum Gasteiger partial charge on any atom is 0.387 e. The zero-order valence-corrected chi connectivity index (χ0v) is 17.3. The second kappa shape index (κ2) is 8.65. The van der Waals surface area contributed by atoms with Gasteiger partial charge in [0.05, 0.1) is 6.61 Å². The molecule has 2 heterocycles. The lowest BCUT2D eigenvalue weighted by molar-refractivity contribution is -0.141. The minimum absolute atomic E-state index is 0.0452. The fourth-order valence-corrected chi connectivity index (χ4v) is 3.58. The van der Waals surface area contributed by atoms with E-state index in [4.69, 9.17) is 14.2 Å². The maximum atomic E-state index is 13.9. The monoisotopic (exact) mass is 444 g/mol. The first-order valence-electron chi connectivity index (χ1n) is 9.79. The molecule has 1 saturated heterocycles. The quantitative estimate of drug-likeness (QED) is 0.530. The van der Waals surface area contributed by atoms with Crippen LogP contribution in [0, 0.1) is 17.1 Å². The zero-order valence-electron chi connectivity index (χ0n) is 17.3. The van der Waals surface area contributed by atoms with Crippen molar-refractivity contribution in [2.75, 3.05) is 13.2 Å². The average molecular weight is 444 g/mol. The molecule has 1 atom stereocenters. The minimum atomic E-state index is -3.03. The summed E-state index contributed by atoms with van der Waals surface area (Å²) in [6.07, 6.45) is -0.350. The van der Waals surface area contributed by atoms with E-state index in [0.29, 0.717) is 22.9 Å². The Morgan fingerprint density at radius 2 is 2.03 bits per heavy atom. The topological polar surface area (TPSA) is 73.6 Å². The van der Waals surface area contributed by atoms with E-state index < -0.39 is 18.2 Å². The molecule has 1 aliphatic heterocycles. The minimum Gasteiger partial charge on any atom is -0.474 e. The van der Waals surface area contributed by atoms with E-state index in [-0.39, 0.29) is 35.6 Å². The number of aromatic nitrogens is 1. The molecule has 0 bridgehead atoms. The second-order valence-corrected chi connectivity index (χ2v) is 7.61. The molecule has 1 aliphatic rings. The predicted octanol–water partition coefficient (Wildman–Crippen LogP) is 5.04. The van der Waals surface area contributed by atoms with Gasteiger partial charge in [-0.2, -0.15) is 14.0 Å². The molecular weight excluding hydrogens is 425 g/mol. The van der Waals surface area contributed by atoms with Gasteiger partial charge >= 0.3 is 6.61 Å².